The van der Waals surface area contributed by atoms with Crippen molar-refractivity contribution in [2.24, 2.45) is 0 Å². The Morgan fingerprint density at radius 2 is 1.67 bits per heavy atom. The summed E-state index contributed by atoms with van der Waals surface area (Å²) in [6.07, 6.45) is 4.58. The SMILES string of the molecule is O=C(Cn1[nH]c(=O)c2ccccc2c1=O)NCCC(=O)N1CCCCCC1. The molecule has 144 valence electrons. The van der Waals surface area contributed by atoms with Gasteiger partial charge in [0.1, 0.15) is 6.54 Å². The molecular weight excluding hydrogens is 348 g/mol. The highest BCUT2D eigenvalue weighted by Gasteiger charge is 2.15. The largest absolute Gasteiger partial charge is 0.354 e. The van der Waals surface area contributed by atoms with Gasteiger partial charge in [0.15, 0.2) is 0 Å². The number of carbonyl (C=O) groups is 2. The van der Waals surface area contributed by atoms with E-state index in [4.69, 9.17) is 0 Å². The molecule has 1 saturated heterocycles. The number of aromatic nitrogens is 2. The van der Waals surface area contributed by atoms with Crippen LogP contribution in [0.1, 0.15) is 32.1 Å². The molecule has 1 aliphatic rings. The van der Waals surface area contributed by atoms with Crippen molar-refractivity contribution < 1.29 is 9.59 Å². The summed E-state index contributed by atoms with van der Waals surface area (Å²) in [5.41, 5.74) is -0.852. The van der Waals surface area contributed by atoms with E-state index in [2.05, 4.69) is 10.4 Å². The number of hydrogen-bond donors (Lipinski definition) is 2. The average Bonchev–Trinajstić information content (AvgIpc) is 2.95. The first-order chi connectivity index (χ1) is 13.1. The first kappa shape index (κ1) is 18.9. The third kappa shape index (κ3) is 4.64. The van der Waals surface area contributed by atoms with E-state index in [0.29, 0.717) is 5.39 Å². The predicted molar refractivity (Wildman–Crippen MR) is 102 cm³/mol. The molecule has 1 aliphatic heterocycles. The summed E-state index contributed by atoms with van der Waals surface area (Å²) in [5.74, 6) is -0.389. The summed E-state index contributed by atoms with van der Waals surface area (Å²) in [4.78, 5) is 50.6. The third-order valence-electron chi connectivity index (χ3n) is 4.81. The average molecular weight is 372 g/mol. The van der Waals surface area contributed by atoms with E-state index in [-0.39, 0.29) is 30.8 Å². The Labute approximate surface area is 156 Å². The maximum Gasteiger partial charge on any atom is 0.273 e. The molecule has 8 nitrogen and oxygen atoms in total. The summed E-state index contributed by atoms with van der Waals surface area (Å²) in [6.45, 7) is 1.47. The summed E-state index contributed by atoms with van der Waals surface area (Å²) in [5, 5.41) is 5.63. The Balaban J connectivity index is 1.56. The van der Waals surface area contributed by atoms with Crippen molar-refractivity contribution in [2.75, 3.05) is 19.6 Å². The molecule has 27 heavy (non-hydrogen) atoms. The van der Waals surface area contributed by atoms with Gasteiger partial charge >= 0.3 is 0 Å². The van der Waals surface area contributed by atoms with Crippen molar-refractivity contribution in [1.82, 2.24) is 20.0 Å². The maximum absolute atomic E-state index is 12.4. The Bertz CT molecular complexity index is 939. The number of carbonyl (C=O) groups excluding carboxylic acids is 2. The number of aromatic amines is 1. The fourth-order valence-corrected chi connectivity index (χ4v) is 3.34. The molecule has 0 atom stereocenters. The van der Waals surface area contributed by atoms with Crippen molar-refractivity contribution in [2.45, 2.75) is 38.6 Å². The zero-order chi connectivity index (χ0) is 19.2. The van der Waals surface area contributed by atoms with Gasteiger partial charge in [-0.05, 0) is 25.0 Å². The number of amides is 2. The maximum atomic E-state index is 12.4. The Morgan fingerprint density at radius 1 is 1.00 bits per heavy atom. The molecule has 0 spiro atoms. The van der Waals surface area contributed by atoms with Gasteiger partial charge in [0.25, 0.3) is 11.1 Å². The highest BCUT2D eigenvalue weighted by molar-refractivity contribution is 5.81. The molecular formula is C19H24N4O4. The van der Waals surface area contributed by atoms with E-state index in [9.17, 15) is 19.2 Å². The first-order valence-corrected chi connectivity index (χ1v) is 9.32. The van der Waals surface area contributed by atoms with Gasteiger partial charge in [0.05, 0.1) is 10.8 Å². The van der Waals surface area contributed by atoms with E-state index in [0.717, 1.165) is 43.5 Å². The molecule has 8 heteroatoms. The van der Waals surface area contributed by atoms with Crippen LogP contribution in [0.5, 0.6) is 0 Å². The molecule has 0 unspecified atom stereocenters. The van der Waals surface area contributed by atoms with Crippen molar-refractivity contribution in [3.05, 3.63) is 45.0 Å². The van der Waals surface area contributed by atoms with Crippen LogP contribution in [-0.4, -0.2) is 46.1 Å². The number of H-pyrrole nitrogens is 1. The van der Waals surface area contributed by atoms with Crippen LogP contribution < -0.4 is 16.4 Å². The fourth-order valence-electron chi connectivity index (χ4n) is 3.34. The van der Waals surface area contributed by atoms with Gasteiger partial charge in [0, 0.05) is 26.1 Å². The number of hydrogen-bond acceptors (Lipinski definition) is 4. The van der Waals surface area contributed by atoms with Crippen molar-refractivity contribution in [3.63, 3.8) is 0 Å². The molecule has 2 amide bonds. The lowest BCUT2D eigenvalue weighted by atomic mass is 10.2. The highest BCUT2D eigenvalue weighted by Crippen LogP contribution is 2.10. The monoisotopic (exact) mass is 372 g/mol. The molecule has 1 aromatic carbocycles. The Morgan fingerprint density at radius 3 is 2.37 bits per heavy atom. The van der Waals surface area contributed by atoms with Gasteiger partial charge < -0.3 is 10.2 Å². The van der Waals surface area contributed by atoms with Gasteiger partial charge in [-0.25, -0.2) is 4.68 Å². The minimum atomic E-state index is -0.430. The number of benzene rings is 1. The van der Waals surface area contributed by atoms with Crippen molar-refractivity contribution in [1.29, 1.82) is 0 Å². The number of fused-ring (bicyclic) bond motifs is 1. The predicted octanol–water partition coefficient (Wildman–Crippen LogP) is 0.599. The summed E-state index contributed by atoms with van der Waals surface area (Å²) in [7, 11) is 0. The molecule has 2 aromatic rings. The zero-order valence-electron chi connectivity index (χ0n) is 15.2. The van der Waals surface area contributed by atoms with Crippen LogP contribution in [0.4, 0.5) is 0 Å². The molecule has 0 saturated carbocycles. The normalized spacial score (nSPS) is 14.7. The lowest BCUT2D eigenvalue weighted by molar-refractivity contribution is -0.131. The fraction of sp³-hybridized carbons (Fsp3) is 0.474. The van der Waals surface area contributed by atoms with E-state index < -0.39 is 17.0 Å². The van der Waals surface area contributed by atoms with Crippen LogP contribution in [0, 0.1) is 0 Å². The molecule has 0 radical (unpaired) electrons. The van der Waals surface area contributed by atoms with Crippen molar-refractivity contribution >= 4 is 22.6 Å². The number of nitrogens with one attached hydrogen (secondary N) is 2. The number of nitrogens with zero attached hydrogens (tertiary/aromatic N) is 2. The minimum Gasteiger partial charge on any atom is -0.354 e. The zero-order valence-corrected chi connectivity index (χ0v) is 15.2. The summed E-state index contributed by atoms with van der Waals surface area (Å²) in [6, 6.07) is 6.47. The van der Waals surface area contributed by atoms with E-state index in [1.54, 1.807) is 24.3 Å². The van der Waals surface area contributed by atoms with Crippen LogP contribution in [0.15, 0.2) is 33.9 Å². The van der Waals surface area contributed by atoms with E-state index >= 15 is 0 Å². The molecule has 0 aliphatic carbocycles. The Kier molecular flexibility index (Phi) is 6.05. The quantitative estimate of drug-likeness (QED) is 0.802. The number of likely N-dealkylation sites (tertiary alicyclic amines) is 1. The van der Waals surface area contributed by atoms with Crippen LogP contribution in [0.3, 0.4) is 0 Å². The second-order valence-corrected chi connectivity index (χ2v) is 6.77. The summed E-state index contributed by atoms with van der Waals surface area (Å²) < 4.78 is 0.997. The molecule has 2 heterocycles. The van der Waals surface area contributed by atoms with Gasteiger partial charge in [-0.2, -0.15) is 0 Å². The molecule has 3 rings (SSSR count). The van der Waals surface area contributed by atoms with Crippen LogP contribution in [-0.2, 0) is 16.1 Å². The molecule has 1 aromatic heterocycles. The highest BCUT2D eigenvalue weighted by atomic mass is 16.2. The van der Waals surface area contributed by atoms with Crippen LogP contribution >= 0.6 is 0 Å². The third-order valence-corrected chi connectivity index (χ3v) is 4.81. The lowest BCUT2D eigenvalue weighted by Gasteiger charge is -2.20. The van der Waals surface area contributed by atoms with Gasteiger partial charge in [0.2, 0.25) is 11.8 Å². The van der Waals surface area contributed by atoms with E-state index in [1.807, 2.05) is 4.90 Å². The smallest absolute Gasteiger partial charge is 0.273 e. The van der Waals surface area contributed by atoms with Gasteiger partial charge in [-0.1, -0.05) is 25.0 Å². The summed E-state index contributed by atoms with van der Waals surface area (Å²) >= 11 is 0. The number of rotatable bonds is 5. The topological polar surface area (TPSA) is 104 Å². The van der Waals surface area contributed by atoms with Crippen molar-refractivity contribution in [3.8, 4) is 0 Å². The lowest BCUT2D eigenvalue weighted by Crippen LogP contribution is -2.38. The second kappa shape index (κ2) is 8.66. The van der Waals surface area contributed by atoms with E-state index in [1.165, 1.54) is 0 Å². The van der Waals surface area contributed by atoms with Crippen LogP contribution in [0.2, 0.25) is 0 Å². The standard InChI is InChI=1S/C19H24N4O4/c24-16(20-10-9-17(25)22-11-5-1-2-6-12-22)13-23-19(27)15-8-4-3-7-14(15)18(26)21-23/h3-4,7-8H,1-2,5-6,9-13H2,(H,20,24)(H,21,26). The second-order valence-electron chi connectivity index (χ2n) is 6.77. The van der Waals surface area contributed by atoms with Gasteiger partial charge in [-0.15, -0.1) is 0 Å². The van der Waals surface area contributed by atoms with Gasteiger partial charge in [-0.3, -0.25) is 24.3 Å². The molecule has 1 fully saturated rings. The molecule has 2 N–H and O–H groups in total. The molecule has 0 bridgehead atoms. The Hall–Kier alpha value is -2.90. The first-order valence-electron chi connectivity index (χ1n) is 9.32. The van der Waals surface area contributed by atoms with Crippen LogP contribution in [0.25, 0.3) is 10.8 Å². The minimum absolute atomic E-state index is 0.0356.